The topological polar surface area (TPSA) is 156 Å². The van der Waals surface area contributed by atoms with Gasteiger partial charge in [-0.15, -0.1) is 49.6 Å². The number of hydrogen-bond acceptors (Lipinski definition) is 8. The number of allylic oxidation sites excluding steroid dienone is 4. The van der Waals surface area contributed by atoms with Gasteiger partial charge < -0.3 is 15.3 Å². The molecule has 4 unspecified atom stereocenters. The highest BCUT2D eigenvalue weighted by molar-refractivity contribution is 6.11. The number of nitrogens with zero attached hydrogens (tertiary/aromatic N) is 4. The quantitative estimate of drug-likeness (QED) is 0.178. The van der Waals surface area contributed by atoms with Gasteiger partial charge in [0.1, 0.15) is 0 Å². The Morgan fingerprint density at radius 1 is 0.559 bits per heavy atom. The van der Waals surface area contributed by atoms with Crippen LogP contribution >= 0.6 is 49.6 Å². The fourth-order valence-electron chi connectivity index (χ4n) is 8.50. The Kier molecular flexibility index (Phi) is 23.9. The van der Waals surface area contributed by atoms with Crippen molar-refractivity contribution >= 4 is 73.3 Å². The second-order valence-electron chi connectivity index (χ2n) is 15.7. The highest BCUT2D eigenvalue weighted by Crippen LogP contribution is 2.48. The SMILES string of the molecule is CC1=C(C)C2C(=O)NC(=O)C2(CCCN(C)CCCc2ccncc2)C=C1.CC1=C(C)C2C(=O)NC(=O)C2(CCCN(C)CCCc2ccncc2)C=C1.Cl.Cl.Cl.Cl.O. The molecule has 0 aromatic carbocycles. The first-order valence-electron chi connectivity index (χ1n) is 19.5. The lowest BCUT2D eigenvalue weighted by molar-refractivity contribution is -0.128. The van der Waals surface area contributed by atoms with Crippen LogP contribution in [0.15, 0.2) is 95.6 Å². The van der Waals surface area contributed by atoms with Gasteiger partial charge >= 0.3 is 0 Å². The molecule has 4 N–H and O–H groups in total. The van der Waals surface area contributed by atoms with Crippen molar-refractivity contribution in [2.45, 2.75) is 79.1 Å². The van der Waals surface area contributed by atoms with E-state index in [-0.39, 0.29) is 90.6 Å². The van der Waals surface area contributed by atoms with Crippen LogP contribution < -0.4 is 10.6 Å². The lowest BCUT2D eigenvalue weighted by atomic mass is 9.67. The van der Waals surface area contributed by atoms with E-state index in [4.69, 9.17) is 0 Å². The summed E-state index contributed by atoms with van der Waals surface area (Å²) >= 11 is 0. The average molecular weight is 899 g/mol. The molecular formula is C44H64Cl4N6O5. The minimum Gasteiger partial charge on any atom is -0.412 e. The van der Waals surface area contributed by atoms with Crippen LogP contribution in [0.5, 0.6) is 0 Å². The van der Waals surface area contributed by atoms with Crippen molar-refractivity contribution < 1.29 is 24.7 Å². The van der Waals surface area contributed by atoms with E-state index in [0.717, 1.165) is 87.0 Å². The molecule has 0 saturated carbocycles. The fraction of sp³-hybridized carbons (Fsp3) is 0.500. The third-order valence-corrected chi connectivity index (χ3v) is 12.0. The lowest BCUT2D eigenvalue weighted by Crippen LogP contribution is -2.36. The van der Waals surface area contributed by atoms with E-state index < -0.39 is 10.8 Å². The standard InChI is InChI=1S/2C22H29N3O2.4ClH.H2O/c2*1-16-7-11-22(19(17(16)2)20(26)24-21(22)27)10-5-15-25(3)14-4-6-18-8-12-23-13-9-18;;;;;/h2*7-9,11-13,19H,4-6,10,14-15H2,1-3H3,(H,24,26,27);4*1H;1H2. The molecule has 11 nitrogen and oxygen atoms in total. The Bertz CT molecular complexity index is 1690. The van der Waals surface area contributed by atoms with Crippen molar-refractivity contribution in [2.75, 3.05) is 40.3 Å². The molecule has 59 heavy (non-hydrogen) atoms. The number of aryl methyl sites for hydroxylation is 2. The Morgan fingerprint density at radius 2 is 0.881 bits per heavy atom. The number of fused-ring (bicyclic) bond motifs is 2. The van der Waals surface area contributed by atoms with E-state index in [1.54, 1.807) is 0 Å². The van der Waals surface area contributed by atoms with Gasteiger partial charge in [0.05, 0.1) is 22.7 Å². The van der Waals surface area contributed by atoms with Gasteiger partial charge in [0.15, 0.2) is 0 Å². The number of hydrogen-bond donors (Lipinski definition) is 2. The second-order valence-corrected chi connectivity index (χ2v) is 15.7. The summed E-state index contributed by atoms with van der Waals surface area (Å²) in [6.07, 6.45) is 22.7. The van der Waals surface area contributed by atoms with E-state index in [9.17, 15) is 19.2 Å². The molecule has 0 bridgehead atoms. The number of nitrogens with one attached hydrogen (secondary N) is 2. The van der Waals surface area contributed by atoms with Gasteiger partial charge in [-0.25, -0.2) is 0 Å². The first-order chi connectivity index (χ1) is 25.9. The molecule has 2 saturated heterocycles. The molecule has 4 amide bonds. The van der Waals surface area contributed by atoms with Crippen molar-refractivity contribution in [1.29, 1.82) is 0 Å². The molecule has 2 fully saturated rings. The summed E-state index contributed by atoms with van der Waals surface area (Å²) in [6, 6.07) is 8.23. The molecular weight excluding hydrogens is 834 g/mol. The number of carbonyl (C=O) groups excluding carboxylic acids is 4. The summed E-state index contributed by atoms with van der Waals surface area (Å²) in [6.45, 7) is 11.8. The molecule has 2 aromatic heterocycles. The Labute approximate surface area is 375 Å². The van der Waals surface area contributed by atoms with Gasteiger partial charge in [0.25, 0.3) is 0 Å². The molecule has 4 atom stereocenters. The number of halogens is 4. The average Bonchev–Trinajstić information content (AvgIpc) is 3.56. The first-order valence-corrected chi connectivity index (χ1v) is 19.5. The van der Waals surface area contributed by atoms with Crippen LogP contribution in [0.25, 0.3) is 0 Å². The predicted molar refractivity (Wildman–Crippen MR) is 244 cm³/mol. The lowest BCUT2D eigenvalue weighted by Gasteiger charge is -2.33. The number of carbonyl (C=O) groups is 4. The first kappa shape index (κ1) is 55.6. The maximum atomic E-state index is 12.6. The van der Waals surface area contributed by atoms with Crippen molar-refractivity contribution in [2.24, 2.45) is 22.7 Å². The molecule has 15 heteroatoms. The summed E-state index contributed by atoms with van der Waals surface area (Å²) in [4.78, 5) is 62.5. The minimum atomic E-state index is -0.696. The zero-order valence-electron chi connectivity index (χ0n) is 35.1. The Balaban J connectivity index is 0.00000105. The van der Waals surface area contributed by atoms with Crippen molar-refractivity contribution in [3.8, 4) is 0 Å². The van der Waals surface area contributed by atoms with Gasteiger partial charge in [-0.1, -0.05) is 46.6 Å². The van der Waals surface area contributed by atoms with E-state index >= 15 is 0 Å². The number of aromatic nitrogens is 2. The third-order valence-electron chi connectivity index (χ3n) is 12.0. The van der Waals surface area contributed by atoms with Gasteiger partial charge in [-0.05, 0) is 155 Å². The van der Waals surface area contributed by atoms with Gasteiger partial charge in [0, 0.05) is 24.8 Å². The predicted octanol–water partition coefficient (Wildman–Crippen LogP) is 6.65. The summed E-state index contributed by atoms with van der Waals surface area (Å²) in [7, 11) is 4.24. The number of imide groups is 2. The Morgan fingerprint density at radius 3 is 1.22 bits per heavy atom. The maximum Gasteiger partial charge on any atom is 0.237 e. The molecule has 6 rings (SSSR count). The van der Waals surface area contributed by atoms with Crippen LogP contribution in [-0.4, -0.2) is 89.1 Å². The van der Waals surface area contributed by atoms with Crippen LogP contribution in [0.1, 0.15) is 77.3 Å². The van der Waals surface area contributed by atoms with Gasteiger partial charge in [-0.3, -0.25) is 39.8 Å². The molecule has 0 radical (unpaired) electrons. The number of rotatable bonds is 16. The summed E-state index contributed by atoms with van der Waals surface area (Å²) in [5, 5.41) is 5.12. The molecule has 4 heterocycles. The Hall–Kier alpha value is -3.42. The number of pyridine rings is 2. The van der Waals surface area contributed by atoms with Crippen LogP contribution in [0.3, 0.4) is 0 Å². The van der Waals surface area contributed by atoms with Crippen molar-refractivity contribution in [3.63, 3.8) is 0 Å². The van der Waals surface area contributed by atoms with E-state index in [2.05, 4.69) is 68.8 Å². The van der Waals surface area contributed by atoms with E-state index in [0.29, 0.717) is 12.8 Å². The van der Waals surface area contributed by atoms with Gasteiger partial charge in [0.2, 0.25) is 23.6 Å². The number of amides is 4. The zero-order valence-corrected chi connectivity index (χ0v) is 38.4. The van der Waals surface area contributed by atoms with Crippen LogP contribution in [0.4, 0.5) is 0 Å². The smallest absolute Gasteiger partial charge is 0.237 e. The fourth-order valence-corrected chi connectivity index (χ4v) is 8.50. The monoisotopic (exact) mass is 896 g/mol. The summed E-state index contributed by atoms with van der Waals surface area (Å²) in [5.41, 5.74) is 5.45. The normalized spacial score (nSPS) is 22.4. The summed E-state index contributed by atoms with van der Waals surface area (Å²) < 4.78 is 0. The maximum absolute atomic E-state index is 12.6. The molecule has 4 aliphatic rings. The molecule has 2 aromatic rings. The van der Waals surface area contributed by atoms with Crippen LogP contribution in [-0.2, 0) is 32.0 Å². The molecule has 328 valence electrons. The molecule has 2 aliphatic carbocycles. The zero-order chi connectivity index (χ0) is 38.9. The van der Waals surface area contributed by atoms with Gasteiger partial charge in [-0.2, -0.15) is 0 Å². The van der Waals surface area contributed by atoms with E-state index in [1.165, 1.54) is 11.1 Å². The second kappa shape index (κ2) is 25.4. The van der Waals surface area contributed by atoms with Crippen molar-refractivity contribution in [1.82, 2.24) is 30.4 Å². The van der Waals surface area contributed by atoms with Crippen LogP contribution in [0, 0.1) is 22.7 Å². The highest BCUT2D eigenvalue weighted by atomic mass is 35.5. The third kappa shape index (κ3) is 13.3. The molecule has 0 spiro atoms. The highest BCUT2D eigenvalue weighted by Gasteiger charge is 2.56. The van der Waals surface area contributed by atoms with Crippen molar-refractivity contribution in [3.05, 3.63) is 107 Å². The molecule has 2 aliphatic heterocycles. The van der Waals surface area contributed by atoms with E-state index in [1.807, 2.05) is 76.8 Å². The summed E-state index contributed by atoms with van der Waals surface area (Å²) in [5.74, 6) is -1.25. The van der Waals surface area contributed by atoms with Crippen LogP contribution in [0.2, 0.25) is 0 Å². The largest absolute Gasteiger partial charge is 0.412 e. The minimum absolute atomic E-state index is 0.